The fourth-order valence-electron chi connectivity index (χ4n) is 8.39. The van der Waals surface area contributed by atoms with E-state index in [0.717, 1.165) is 6.42 Å². The van der Waals surface area contributed by atoms with Crippen LogP contribution in [0.2, 0.25) is 0 Å². The van der Waals surface area contributed by atoms with Gasteiger partial charge in [0.05, 0.1) is 5.41 Å². The second kappa shape index (κ2) is 12.9. The van der Waals surface area contributed by atoms with Crippen LogP contribution in [0.1, 0.15) is 30.0 Å². The largest absolute Gasteiger partial charge is 0.334 e. The van der Waals surface area contributed by atoms with Gasteiger partial charge in [0, 0.05) is 17.4 Å². The Balaban J connectivity index is 1.33. The summed E-state index contributed by atoms with van der Waals surface area (Å²) in [5.41, 5.74) is 16.0. The zero-order valence-electron chi connectivity index (χ0n) is 28.8. The van der Waals surface area contributed by atoms with E-state index < -0.39 is 5.41 Å². The highest BCUT2D eigenvalue weighted by molar-refractivity contribution is 5.90. The summed E-state index contributed by atoms with van der Waals surface area (Å²) in [4.78, 5) is 2.54. The van der Waals surface area contributed by atoms with Crippen LogP contribution in [0.25, 0.3) is 44.5 Å². The molecule has 244 valence electrons. The minimum absolute atomic E-state index is 0.101. The molecule has 1 nitrogen and oxygen atoms in total. The molecule has 0 radical (unpaired) electrons. The first-order valence-electron chi connectivity index (χ1n) is 18.0. The van der Waals surface area contributed by atoms with Crippen molar-refractivity contribution in [1.29, 1.82) is 0 Å². The monoisotopic (exact) mass is 653 g/mol. The molecule has 1 heteroatoms. The Kier molecular flexibility index (Phi) is 7.82. The van der Waals surface area contributed by atoms with Crippen LogP contribution >= 0.6 is 0 Å². The smallest absolute Gasteiger partial charge is 0.0519 e. The maximum Gasteiger partial charge on any atom is 0.0519 e. The Labute approximate surface area is 301 Å². The number of nitrogens with zero attached hydrogens (tertiary/aromatic N) is 1. The molecule has 0 aromatic heterocycles. The summed E-state index contributed by atoms with van der Waals surface area (Å²) in [6, 6.07) is 64.9. The highest BCUT2D eigenvalue weighted by atomic mass is 15.2. The first-order chi connectivity index (χ1) is 25.2. The number of hydrogen-bond donors (Lipinski definition) is 0. The number of anilines is 2. The zero-order valence-corrected chi connectivity index (χ0v) is 28.8. The van der Waals surface area contributed by atoms with Crippen molar-refractivity contribution < 1.29 is 0 Å². The lowest BCUT2D eigenvalue weighted by atomic mass is 9.68. The molecule has 0 N–H and O–H groups in total. The second-order valence-electron chi connectivity index (χ2n) is 13.7. The molecule has 0 amide bonds. The van der Waals surface area contributed by atoms with Gasteiger partial charge in [-0.3, -0.25) is 0 Å². The predicted molar refractivity (Wildman–Crippen MR) is 215 cm³/mol. The van der Waals surface area contributed by atoms with Gasteiger partial charge in [0.15, 0.2) is 0 Å². The van der Waals surface area contributed by atoms with Crippen LogP contribution in [0.3, 0.4) is 0 Å². The Morgan fingerprint density at radius 1 is 0.451 bits per heavy atom. The number of benzene rings is 7. The van der Waals surface area contributed by atoms with Crippen LogP contribution in [0.15, 0.2) is 200 Å². The van der Waals surface area contributed by atoms with Gasteiger partial charge < -0.3 is 4.90 Å². The van der Waals surface area contributed by atoms with E-state index in [0.29, 0.717) is 0 Å². The normalized spacial score (nSPS) is 16.9. The molecule has 51 heavy (non-hydrogen) atoms. The Morgan fingerprint density at radius 3 is 1.55 bits per heavy atom. The molecule has 1 spiro atoms. The highest BCUT2D eigenvalue weighted by Crippen LogP contribution is 2.58. The minimum Gasteiger partial charge on any atom is -0.334 e. The molecule has 2 aliphatic rings. The third kappa shape index (κ3) is 5.34. The van der Waals surface area contributed by atoms with E-state index in [1.165, 1.54) is 72.6 Å². The van der Waals surface area contributed by atoms with Gasteiger partial charge in [-0.1, -0.05) is 170 Å². The summed E-state index contributed by atoms with van der Waals surface area (Å²) in [5, 5.41) is 0. The molecule has 0 saturated carbocycles. The van der Waals surface area contributed by atoms with Crippen molar-refractivity contribution in [2.75, 3.05) is 4.90 Å². The number of para-hydroxylation sites is 1. The number of allylic oxidation sites excluding steroid dienone is 3. The van der Waals surface area contributed by atoms with E-state index in [1.807, 2.05) is 0 Å². The topological polar surface area (TPSA) is 3.24 Å². The molecule has 0 bridgehead atoms. The first-order valence-corrected chi connectivity index (χ1v) is 18.0. The van der Waals surface area contributed by atoms with Gasteiger partial charge in [-0.2, -0.15) is 0 Å². The van der Waals surface area contributed by atoms with E-state index >= 15 is 0 Å². The molecule has 7 aromatic carbocycles. The summed E-state index contributed by atoms with van der Waals surface area (Å²) in [7, 11) is 0. The van der Waals surface area contributed by atoms with Crippen molar-refractivity contribution in [3.63, 3.8) is 0 Å². The van der Waals surface area contributed by atoms with Crippen molar-refractivity contribution in [3.05, 3.63) is 217 Å². The van der Waals surface area contributed by atoms with Crippen molar-refractivity contribution in [2.24, 2.45) is 0 Å². The van der Waals surface area contributed by atoms with Crippen LogP contribution in [0, 0.1) is 0 Å². The van der Waals surface area contributed by atoms with Gasteiger partial charge in [0.1, 0.15) is 0 Å². The maximum atomic E-state index is 2.54. The number of fused-ring (bicyclic) bond motifs is 7. The van der Waals surface area contributed by atoms with Crippen LogP contribution in [0.5, 0.6) is 0 Å². The summed E-state index contributed by atoms with van der Waals surface area (Å²) >= 11 is 0. The third-order valence-corrected chi connectivity index (χ3v) is 10.8. The van der Waals surface area contributed by atoms with E-state index in [9.17, 15) is 0 Å². The van der Waals surface area contributed by atoms with Crippen molar-refractivity contribution in [3.8, 4) is 44.5 Å². The number of rotatable bonds is 4. The molecule has 1 aliphatic carbocycles. The predicted octanol–water partition coefficient (Wildman–Crippen LogP) is 13.0. The molecule has 0 fully saturated rings. The first kappa shape index (κ1) is 30.8. The average Bonchev–Trinajstić information content (AvgIpc) is 3.48. The van der Waals surface area contributed by atoms with Crippen LogP contribution in [-0.4, -0.2) is 6.04 Å². The van der Waals surface area contributed by atoms with Crippen molar-refractivity contribution in [1.82, 2.24) is 0 Å². The van der Waals surface area contributed by atoms with Crippen LogP contribution in [0.4, 0.5) is 11.4 Å². The Morgan fingerprint density at radius 2 is 0.961 bits per heavy atom. The lowest BCUT2D eigenvalue weighted by Gasteiger charge is -2.39. The summed E-state index contributed by atoms with van der Waals surface area (Å²) < 4.78 is 0. The lowest BCUT2D eigenvalue weighted by molar-refractivity contribution is 0.641. The molecule has 1 heterocycles. The maximum absolute atomic E-state index is 2.54. The van der Waals surface area contributed by atoms with E-state index in [4.69, 9.17) is 0 Å². The molecule has 1 aliphatic heterocycles. The molecule has 0 saturated heterocycles. The third-order valence-electron chi connectivity index (χ3n) is 10.8. The van der Waals surface area contributed by atoms with Gasteiger partial charge in [-0.05, 0) is 105 Å². The van der Waals surface area contributed by atoms with Gasteiger partial charge in [0.25, 0.3) is 0 Å². The summed E-state index contributed by atoms with van der Waals surface area (Å²) in [6.45, 7) is 2.31. The summed E-state index contributed by atoms with van der Waals surface area (Å²) in [6.07, 6.45) is 10.0. The van der Waals surface area contributed by atoms with E-state index in [-0.39, 0.29) is 6.04 Å². The molecule has 9 rings (SSSR count). The SMILES string of the molecule is CC1/C=C\C=C/CC2(c3cc(-c4ccccc4)ccc3-c3ccc(-c4ccccc4)cc32)c2ccccc2N1c1cccc(-c2ccccc2)c1. The highest BCUT2D eigenvalue weighted by Gasteiger charge is 2.46. The molecule has 7 aromatic rings. The van der Waals surface area contributed by atoms with Gasteiger partial charge in [0.2, 0.25) is 0 Å². The zero-order chi connectivity index (χ0) is 34.2. The molecular formula is C50H39N. The van der Waals surface area contributed by atoms with Crippen molar-refractivity contribution >= 4 is 11.4 Å². The fourth-order valence-corrected chi connectivity index (χ4v) is 8.39. The Bertz CT molecular complexity index is 2310. The average molecular weight is 654 g/mol. The number of hydrogen-bond acceptors (Lipinski definition) is 1. The van der Waals surface area contributed by atoms with Gasteiger partial charge >= 0.3 is 0 Å². The van der Waals surface area contributed by atoms with Gasteiger partial charge in [-0.15, -0.1) is 0 Å². The van der Waals surface area contributed by atoms with Crippen LogP contribution < -0.4 is 4.90 Å². The minimum atomic E-state index is -0.437. The van der Waals surface area contributed by atoms with Crippen molar-refractivity contribution in [2.45, 2.75) is 24.8 Å². The Hall–Kier alpha value is -6.18. The van der Waals surface area contributed by atoms with Crippen LogP contribution in [-0.2, 0) is 5.41 Å². The molecule has 1 atom stereocenters. The standard InChI is InChI=1S/C50H39N/c1-36-17-6-5-15-32-50(46-26-13-14-27-49(46)51(36)43-25-16-24-40(33-43)37-18-7-2-8-19-37)47-34-41(38-20-9-3-10-21-38)28-30-44(47)45-31-29-42(35-48(45)50)39-22-11-4-12-23-39/h2-31,33-36H,32H2,1H3/b15-5-,17-6-. The lowest BCUT2D eigenvalue weighted by Crippen LogP contribution is -2.33. The molecule has 1 unspecified atom stereocenters. The second-order valence-corrected chi connectivity index (χ2v) is 13.7. The quantitative estimate of drug-likeness (QED) is 0.183. The molecular weight excluding hydrogens is 615 g/mol. The van der Waals surface area contributed by atoms with Gasteiger partial charge in [-0.25, -0.2) is 0 Å². The van der Waals surface area contributed by atoms with E-state index in [2.05, 4.69) is 212 Å². The fraction of sp³-hybridized carbons (Fsp3) is 0.0800. The van der Waals surface area contributed by atoms with E-state index in [1.54, 1.807) is 0 Å². The summed E-state index contributed by atoms with van der Waals surface area (Å²) in [5.74, 6) is 0.